The molecule has 0 saturated heterocycles. The van der Waals surface area contributed by atoms with Crippen LogP contribution >= 0.6 is 0 Å². The standard InChI is InChI=1S/C11H13N3O/c1-2-8-3-5-9(6-4-8)14-11(15)7-10(12)13-14/h3-6H,2,7H2,1H3,(H2,12,13). The molecule has 1 aromatic carbocycles. The third-order valence-corrected chi connectivity index (χ3v) is 2.39. The van der Waals surface area contributed by atoms with Crippen LogP contribution in [0.5, 0.6) is 0 Å². The second-order valence-corrected chi connectivity index (χ2v) is 3.49. The minimum Gasteiger partial charge on any atom is -0.385 e. The lowest BCUT2D eigenvalue weighted by atomic mass is 10.1. The smallest absolute Gasteiger partial charge is 0.255 e. The second kappa shape index (κ2) is 3.73. The molecule has 0 radical (unpaired) electrons. The molecule has 0 unspecified atom stereocenters. The first kappa shape index (κ1) is 9.71. The maximum absolute atomic E-state index is 11.5. The largest absolute Gasteiger partial charge is 0.385 e. The highest BCUT2D eigenvalue weighted by molar-refractivity contribution is 6.11. The Morgan fingerprint density at radius 2 is 2.07 bits per heavy atom. The van der Waals surface area contributed by atoms with E-state index in [1.807, 2.05) is 24.3 Å². The highest BCUT2D eigenvalue weighted by atomic mass is 16.2. The summed E-state index contributed by atoms with van der Waals surface area (Å²) >= 11 is 0. The Bertz CT molecular complexity index is 408. The van der Waals surface area contributed by atoms with Gasteiger partial charge >= 0.3 is 0 Å². The number of carbonyl (C=O) groups excluding carboxylic acids is 1. The Morgan fingerprint density at radius 1 is 1.40 bits per heavy atom. The van der Waals surface area contributed by atoms with Gasteiger partial charge in [-0.2, -0.15) is 10.1 Å². The number of amidine groups is 1. The lowest BCUT2D eigenvalue weighted by Crippen LogP contribution is -2.19. The molecule has 4 heteroatoms. The van der Waals surface area contributed by atoms with E-state index in [0.29, 0.717) is 5.84 Å². The van der Waals surface area contributed by atoms with E-state index in [1.54, 1.807) is 0 Å². The highest BCUT2D eigenvalue weighted by Gasteiger charge is 2.22. The fraction of sp³-hybridized carbons (Fsp3) is 0.273. The molecule has 1 aliphatic rings. The summed E-state index contributed by atoms with van der Waals surface area (Å²) in [6, 6.07) is 7.76. The van der Waals surface area contributed by atoms with E-state index >= 15 is 0 Å². The number of aryl methyl sites for hydroxylation is 1. The minimum absolute atomic E-state index is 0.0725. The topological polar surface area (TPSA) is 58.7 Å². The van der Waals surface area contributed by atoms with Crippen LogP contribution in [0.2, 0.25) is 0 Å². The molecule has 0 fully saturated rings. The summed E-state index contributed by atoms with van der Waals surface area (Å²) in [5, 5.41) is 5.33. The van der Waals surface area contributed by atoms with E-state index in [9.17, 15) is 4.79 Å². The van der Waals surface area contributed by atoms with E-state index in [0.717, 1.165) is 12.1 Å². The molecular weight excluding hydrogens is 190 g/mol. The van der Waals surface area contributed by atoms with Crippen LogP contribution in [0, 0.1) is 0 Å². The van der Waals surface area contributed by atoms with Gasteiger partial charge in [0.25, 0.3) is 5.91 Å². The van der Waals surface area contributed by atoms with Crippen LogP contribution in [-0.4, -0.2) is 11.7 Å². The average molecular weight is 203 g/mol. The van der Waals surface area contributed by atoms with Crippen LogP contribution in [0.1, 0.15) is 18.9 Å². The summed E-state index contributed by atoms with van der Waals surface area (Å²) in [5.41, 5.74) is 7.51. The summed E-state index contributed by atoms with van der Waals surface area (Å²) in [7, 11) is 0. The number of hydrogen-bond acceptors (Lipinski definition) is 3. The van der Waals surface area contributed by atoms with Gasteiger partial charge in [0.2, 0.25) is 0 Å². The van der Waals surface area contributed by atoms with Gasteiger partial charge < -0.3 is 5.73 Å². The van der Waals surface area contributed by atoms with Crippen LogP contribution in [0.3, 0.4) is 0 Å². The molecule has 2 rings (SSSR count). The van der Waals surface area contributed by atoms with Crippen molar-refractivity contribution >= 4 is 17.4 Å². The van der Waals surface area contributed by atoms with Gasteiger partial charge in [0.1, 0.15) is 5.84 Å². The number of carbonyl (C=O) groups is 1. The Morgan fingerprint density at radius 3 is 2.53 bits per heavy atom. The second-order valence-electron chi connectivity index (χ2n) is 3.49. The Labute approximate surface area is 88.4 Å². The van der Waals surface area contributed by atoms with Crippen LogP contribution in [-0.2, 0) is 11.2 Å². The molecule has 15 heavy (non-hydrogen) atoms. The zero-order valence-corrected chi connectivity index (χ0v) is 8.60. The average Bonchev–Trinajstić information content (AvgIpc) is 2.58. The predicted octanol–water partition coefficient (Wildman–Crippen LogP) is 1.26. The number of hydrogen-bond donors (Lipinski definition) is 1. The lowest BCUT2D eigenvalue weighted by molar-refractivity contribution is -0.116. The Balaban J connectivity index is 2.26. The number of nitrogens with two attached hydrogens (primary N) is 1. The van der Waals surface area contributed by atoms with E-state index in [4.69, 9.17) is 5.73 Å². The molecule has 0 aromatic heterocycles. The van der Waals surface area contributed by atoms with E-state index in [2.05, 4.69) is 12.0 Å². The fourth-order valence-corrected chi connectivity index (χ4v) is 1.52. The molecule has 0 bridgehead atoms. The number of amides is 1. The minimum atomic E-state index is -0.0725. The summed E-state index contributed by atoms with van der Waals surface area (Å²) in [4.78, 5) is 11.5. The number of anilines is 1. The Hall–Kier alpha value is -1.84. The highest BCUT2D eigenvalue weighted by Crippen LogP contribution is 2.20. The van der Waals surface area contributed by atoms with E-state index < -0.39 is 0 Å². The molecule has 1 aromatic rings. The number of hydrazone groups is 1. The van der Waals surface area contributed by atoms with Crippen LogP contribution in [0.15, 0.2) is 29.4 Å². The molecule has 0 atom stereocenters. The van der Waals surface area contributed by atoms with Gasteiger partial charge in [-0.1, -0.05) is 19.1 Å². The summed E-state index contributed by atoms with van der Waals surface area (Å²) < 4.78 is 0. The van der Waals surface area contributed by atoms with Gasteiger partial charge in [0, 0.05) is 0 Å². The van der Waals surface area contributed by atoms with Crippen LogP contribution in [0.25, 0.3) is 0 Å². The van der Waals surface area contributed by atoms with Crippen molar-refractivity contribution in [3.05, 3.63) is 29.8 Å². The van der Waals surface area contributed by atoms with Gasteiger partial charge in [-0.25, -0.2) is 0 Å². The van der Waals surface area contributed by atoms with Crippen molar-refractivity contribution in [3.8, 4) is 0 Å². The first-order valence-corrected chi connectivity index (χ1v) is 4.95. The first-order valence-electron chi connectivity index (χ1n) is 4.95. The monoisotopic (exact) mass is 203 g/mol. The van der Waals surface area contributed by atoms with Crippen molar-refractivity contribution in [2.45, 2.75) is 19.8 Å². The number of nitrogens with zero attached hydrogens (tertiary/aromatic N) is 2. The molecule has 1 amide bonds. The van der Waals surface area contributed by atoms with Gasteiger partial charge in [-0.3, -0.25) is 4.79 Å². The van der Waals surface area contributed by atoms with Gasteiger partial charge in [0.15, 0.2) is 0 Å². The third-order valence-electron chi connectivity index (χ3n) is 2.39. The normalized spacial score (nSPS) is 15.7. The maximum atomic E-state index is 11.5. The van der Waals surface area contributed by atoms with Crippen molar-refractivity contribution in [2.24, 2.45) is 10.8 Å². The van der Waals surface area contributed by atoms with E-state index in [1.165, 1.54) is 10.6 Å². The first-order chi connectivity index (χ1) is 7.20. The number of rotatable bonds is 2. The molecule has 2 N–H and O–H groups in total. The van der Waals surface area contributed by atoms with Crippen molar-refractivity contribution < 1.29 is 4.79 Å². The quantitative estimate of drug-likeness (QED) is 0.786. The van der Waals surface area contributed by atoms with Crippen molar-refractivity contribution in [3.63, 3.8) is 0 Å². The SMILES string of the molecule is CCc1ccc(N2N=C(N)CC2=O)cc1. The van der Waals surface area contributed by atoms with Crippen molar-refractivity contribution in [1.82, 2.24) is 0 Å². The van der Waals surface area contributed by atoms with Gasteiger partial charge in [-0.05, 0) is 24.1 Å². The fourth-order valence-electron chi connectivity index (χ4n) is 1.52. The lowest BCUT2D eigenvalue weighted by Gasteiger charge is -2.11. The molecule has 0 saturated carbocycles. The van der Waals surface area contributed by atoms with Crippen molar-refractivity contribution in [1.29, 1.82) is 0 Å². The summed E-state index contributed by atoms with van der Waals surface area (Å²) in [5.74, 6) is 0.302. The predicted molar refractivity (Wildman–Crippen MR) is 59.5 cm³/mol. The third kappa shape index (κ3) is 1.83. The summed E-state index contributed by atoms with van der Waals surface area (Å²) in [6.45, 7) is 2.09. The van der Waals surface area contributed by atoms with E-state index in [-0.39, 0.29) is 12.3 Å². The Kier molecular flexibility index (Phi) is 2.41. The zero-order valence-electron chi connectivity index (χ0n) is 8.60. The van der Waals surface area contributed by atoms with Gasteiger partial charge in [0.05, 0.1) is 12.1 Å². The molecule has 78 valence electrons. The molecule has 0 aliphatic carbocycles. The molecule has 1 heterocycles. The molecule has 0 spiro atoms. The molecule has 4 nitrogen and oxygen atoms in total. The zero-order chi connectivity index (χ0) is 10.8. The van der Waals surface area contributed by atoms with Crippen LogP contribution < -0.4 is 10.7 Å². The summed E-state index contributed by atoms with van der Waals surface area (Å²) in [6.07, 6.45) is 1.20. The van der Waals surface area contributed by atoms with Crippen molar-refractivity contribution in [2.75, 3.05) is 5.01 Å². The number of benzene rings is 1. The molecular formula is C11H13N3O. The van der Waals surface area contributed by atoms with Gasteiger partial charge in [-0.15, -0.1) is 0 Å². The molecule has 1 aliphatic heterocycles. The maximum Gasteiger partial charge on any atom is 0.255 e. The van der Waals surface area contributed by atoms with Crippen LogP contribution in [0.4, 0.5) is 5.69 Å².